The molecule has 0 bridgehead atoms. The largest absolute Gasteiger partial charge is 0.496 e. The number of carbonyl (C=O) groups is 1. The van der Waals surface area contributed by atoms with Crippen molar-refractivity contribution in [3.63, 3.8) is 0 Å². The molecule has 0 fully saturated rings. The van der Waals surface area contributed by atoms with Gasteiger partial charge >= 0.3 is 6.03 Å². The molecule has 0 saturated heterocycles. The average molecular weight is 280 g/mol. The predicted molar refractivity (Wildman–Crippen MR) is 79.0 cm³/mol. The minimum atomic E-state index is -0.176. The van der Waals surface area contributed by atoms with Crippen molar-refractivity contribution >= 4 is 6.03 Å². The van der Waals surface area contributed by atoms with Crippen LogP contribution in [0.1, 0.15) is 25.3 Å². The van der Waals surface area contributed by atoms with Crippen molar-refractivity contribution in [2.75, 3.05) is 20.3 Å². The van der Waals surface area contributed by atoms with Gasteiger partial charge in [-0.1, -0.05) is 18.2 Å². The van der Waals surface area contributed by atoms with E-state index in [1.165, 1.54) is 0 Å². The van der Waals surface area contributed by atoms with Crippen LogP contribution in [0, 0.1) is 0 Å². The highest BCUT2D eigenvalue weighted by molar-refractivity contribution is 5.74. The summed E-state index contributed by atoms with van der Waals surface area (Å²) in [6.45, 7) is 2.63. The molecule has 0 aliphatic carbocycles. The van der Waals surface area contributed by atoms with E-state index in [9.17, 15) is 4.79 Å². The van der Waals surface area contributed by atoms with Gasteiger partial charge in [-0.15, -0.1) is 0 Å². The molecular formula is C15H24N2O3. The highest BCUT2D eigenvalue weighted by atomic mass is 16.5. The summed E-state index contributed by atoms with van der Waals surface area (Å²) in [7, 11) is 1.64. The fourth-order valence-electron chi connectivity index (χ4n) is 1.96. The monoisotopic (exact) mass is 280 g/mol. The molecule has 1 aromatic rings. The fourth-order valence-corrected chi connectivity index (χ4v) is 1.96. The minimum Gasteiger partial charge on any atom is -0.496 e. The van der Waals surface area contributed by atoms with Gasteiger partial charge in [-0.2, -0.15) is 0 Å². The standard InChI is InChI=1S/C15H24N2O3/c1-12(6-5-11-18)17-15(19)16-10-9-13-7-3-4-8-14(13)20-2/h3-4,7-8,12,18H,5-6,9-11H2,1-2H3,(H2,16,17,19). The van der Waals surface area contributed by atoms with E-state index in [0.29, 0.717) is 13.0 Å². The topological polar surface area (TPSA) is 70.6 Å². The molecule has 0 aliphatic rings. The van der Waals surface area contributed by atoms with Crippen LogP contribution in [0.3, 0.4) is 0 Å². The summed E-state index contributed by atoms with van der Waals surface area (Å²) >= 11 is 0. The van der Waals surface area contributed by atoms with Gasteiger partial charge < -0.3 is 20.5 Å². The SMILES string of the molecule is COc1ccccc1CCNC(=O)NC(C)CCCO. The Kier molecular flexibility index (Phi) is 7.50. The molecule has 0 heterocycles. The number of para-hydroxylation sites is 1. The highest BCUT2D eigenvalue weighted by Crippen LogP contribution is 2.17. The number of aliphatic hydroxyl groups is 1. The number of urea groups is 1. The maximum absolute atomic E-state index is 11.6. The Bertz CT molecular complexity index is 410. The molecule has 1 unspecified atom stereocenters. The van der Waals surface area contributed by atoms with Crippen LogP contribution in [-0.4, -0.2) is 37.4 Å². The number of nitrogens with one attached hydrogen (secondary N) is 2. The van der Waals surface area contributed by atoms with Crippen LogP contribution >= 0.6 is 0 Å². The Hall–Kier alpha value is -1.75. The van der Waals surface area contributed by atoms with Crippen molar-refractivity contribution < 1.29 is 14.6 Å². The van der Waals surface area contributed by atoms with Gasteiger partial charge in [-0.05, 0) is 37.8 Å². The summed E-state index contributed by atoms with van der Waals surface area (Å²) in [4.78, 5) is 11.6. The number of benzene rings is 1. The third-order valence-electron chi connectivity index (χ3n) is 3.05. The molecule has 0 aliphatic heterocycles. The van der Waals surface area contributed by atoms with Crippen LogP contribution in [0.5, 0.6) is 5.75 Å². The number of amides is 2. The van der Waals surface area contributed by atoms with Crippen LogP contribution < -0.4 is 15.4 Å². The summed E-state index contributed by atoms with van der Waals surface area (Å²) < 4.78 is 5.26. The van der Waals surface area contributed by atoms with Crippen LogP contribution in [0.2, 0.25) is 0 Å². The molecule has 1 rings (SSSR count). The molecule has 5 heteroatoms. The minimum absolute atomic E-state index is 0.0633. The zero-order chi connectivity index (χ0) is 14.8. The van der Waals surface area contributed by atoms with E-state index in [1.807, 2.05) is 31.2 Å². The number of carbonyl (C=O) groups excluding carboxylic acids is 1. The number of hydrogen-bond acceptors (Lipinski definition) is 3. The van der Waals surface area contributed by atoms with Crippen LogP contribution in [0.15, 0.2) is 24.3 Å². The van der Waals surface area contributed by atoms with Gasteiger partial charge in [0.25, 0.3) is 0 Å². The molecule has 3 N–H and O–H groups in total. The van der Waals surface area contributed by atoms with Crippen molar-refractivity contribution in [1.29, 1.82) is 0 Å². The first-order chi connectivity index (χ1) is 9.67. The lowest BCUT2D eigenvalue weighted by atomic mass is 10.1. The van der Waals surface area contributed by atoms with Gasteiger partial charge in [0.2, 0.25) is 0 Å². The van der Waals surface area contributed by atoms with E-state index in [-0.39, 0.29) is 18.7 Å². The third kappa shape index (κ3) is 5.93. The molecule has 0 aromatic heterocycles. The lowest BCUT2D eigenvalue weighted by molar-refractivity contribution is 0.234. The summed E-state index contributed by atoms with van der Waals surface area (Å²) in [5.74, 6) is 0.839. The molecule has 0 spiro atoms. The van der Waals surface area contributed by atoms with Gasteiger partial charge in [0, 0.05) is 19.2 Å². The van der Waals surface area contributed by atoms with Gasteiger partial charge in [0.1, 0.15) is 5.75 Å². The van der Waals surface area contributed by atoms with Crippen molar-refractivity contribution in [3.05, 3.63) is 29.8 Å². The van der Waals surface area contributed by atoms with Gasteiger partial charge in [0.05, 0.1) is 7.11 Å². The molecule has 2 amide bonds. The summed E-state index contributed by atoms with van der Waals surface area (Å²) in [6, 6.07) is 7.66. The van der Waals surface area contributed by atoms with Crippen LogP contribution in [0.25, 0.3) is 0 Å². The van der Waals surface area contributed by atoms with Gasteiger partial charge in [0.15, 0.2) is 0 Å². The molecule has 112 valence electrons. The van der Waals surface area contributed by atoms with Crippen molar-refractivity contribution in [1.82, 2.24) is 10.6 Å². The maximum Gasteiger partial charge on any atom is 0.315 e. The third-order valence-corrected chi connectivity index (χ3v) is 3.05. The van der Waals surface area contributed by atoms with E-state index >= 15 is 0 Å². The van der Waals surface area contributed by atoms with Gasteiger partial charge in [-0.3, -0.25) is 0 Å². The van der Waals surface area contributed by atoms with Crippen LogP contribution in [0.4, 0.5) is 4.79 Å². The van der Waals surface area contributed by atoms with E-state index in [0.717, 1.165) is 24.2 Å². The van der Waals surface area contributed by atoms with E-state index in [2.05, 4.69) is 10.6 Å². The number of ether oxygens (including phenoxy) is 1. The predicted octanol–water partition coefficient (Wildman–Crippen LogP) is 1.70. The summed E-state index contributed by atoms with van der Waals surface area (Å²) in [5.41, 5.74) is 1.07. The summed E-state index contributed by atoms with van der Waals surface area (Å²) in [6.07, 6.45) is 2.20. The lowest BCUT2D eigenvalue weighted by Crippen LogP contribution is -2.41. The number of hydrogen-bond donors (Lipinski definition) is 3. The zero-order valence-electron chi connectivity index (χ0n) is 12.2. The normalized spacial score (nSPS) is 11.8. The second kappa shape index (κ2) is 9.20. The number of rotatable bonds is 8. The molecule has 1 aromatic carbocycles. The highest BCUT2D eigenvalue weighted by Gasteiger charge is 2.07. The molecule has 5 nitrogen and oxygen atoms in total. The second-order valence-corrected chi connectivity index (χ2v) is 4.73. The first kappa shape index (κ1) is 16.3. The molecule has 20 heavy (non-hydrogen) atoms. The fraction of sp³-hybridized carbons (Fsp3) is 0.533. The van der Waals surface area contributed by atoms with Crippen LogP contribution in [-0.2, 0) is 6.42 Å². The molecular weight excluding hydrogens is 256 g/mol. The molecule has 0 radical (unpaired) electrons. The molecule has 1 atom stereocenters. The van der Waals surface area contributed by atoms with E-state index < -0.39 is 0 Å². The first-order valence-corrected chi connectivity index (χ1v) is 6.94. The lowest BCUT2D eigenvalue weighted by Gasteiger charge is -2.14. The Morgan fingerprint density at radius 2 is 2.15 bits per heavy atom. The van der Waals surface area contributed by atoms with Crippen molar-refractivity contribution in [2.45, 2.75) is 32.2 Å². The van der Waals surface area contributed by atoms with E-state index in [1.54, 1.807) is 7.11 Å². The second-order valence-electron chi connectivity index (χ2n) is 4.73. The Morgan fingerprint density at radius 1 is 1.40 bits per heavy atom. The Balaban J connectivity index is 2.28. The Labute approximate surface area is 120 Å². The first-order valence-electron chi connectivity index (χ1n) is 6.94. The average Bonchev–Trinajstić information content (AvgIpc) is 2.45. The maximum atomic E-state index is 11.6. The molecule has 0 saturated carbocycles. The van der Waals surface area contributed by atoms with Gasteiger partial charge in [-0.25, -0.2) is 4.79 Å². The number of aliphatic hydroxyl groups excluding tert-OH is 1. The zero-order valence-corrected chi connectivity index (χ0v) is 12.2. The summed E-state index contributed by atoms with van der Waals surface area (Å²) in [5, 5.41) is 14.4. The van der Waals surface area contributed by atoms with Crippen molar-refractivity contribution in [2.24, 2.45) is 0 Å². The van der Waals surface area contributed by atoms with Crippen molar-refractivity contribution in [3.8, 4) is 5.75 Å². The quantitative estimate of drug-likeness (QED) is 0.679. The Morgan fingerprint density at radius 3 is 2.85 bits per heavy atom. The van der Waals surface area contributed by atoms with E-state index in [4.69, 9.17) is 9.84 Å². The smallest absolute Gasteiger partial charge is 0.315 e. The number of methoxy groups -OCH3 is 1.